The molecule has 3 heterocycles. The summed E-state index contributed by atoms with van der Waals surface area (Å²) >= 11 is 5.66. The third kappa shape index (κ3) is 1.76. The van der Waals surface area contributed by atoms with E-state index < -0.39 is 0 Å². The Bertz CT molecular complexity index is 536. The highest BCUT2D eigenvalue weighted by molar-refractivity contribution is 14.1. The predicted octanol–water partition coefficient (Wildman–Crippen LogP) is 3.11. The normalized spacial score (nSPS) is 20.8. The van der Waals surface area contributed by atoms with Gasteiger partial charge >= 0.3 is 0 Å². The van der Waals surface area contributed by atoms with Gasteiger partial charge in [0.15, 0.2) is 11.9 Å². The van der Waals surface area contributed by atoms with Crippen molar-refractivity contribution in [3.05, 3.63) is 20.4 Å². The molecule has 1 atom stereocenters. The molecule has 1 saturated heterocycles. The van der Waals surface area contributed by atoms with Crippen molar-refractivity contribution in [2.75, 3.05) is 6.61 Å². The second-order valence-electron chi connectivity index (χ2n) is 3.73. The van der Waals surface area contributed by atoms with Crippen molar-refractivity contribution in [1.82, 2.24) is 14.8 Å². The van der Waals surface area contributed by atoms with E-state index in [2.05, 4.69) is 48.6 Å². The average molecular weight is 394 g/mol. The average Bonchev–Trinajstić information content (AvgIpc) is 2.87. The van der Waals surface area contributed by atoms with Gasteiger partial charge < -0.3 is 4.74 Å². The molecule has 84 valence electrons. The van der Waals surface area contributed by atoms with Crippen molar-refractivity contribution in [3.8, 4) is 0 Å². The fraction of sp³-hybridized carbons (Fsp3) is 0.400. The Morgan fingerprint density at radius 1 is 1.56 bits per heavy atom. The summed E-state index contributed by atoms with van der Waals surface area (Å²) in [5.74, 6) is 0. The Labute approximate surface area is 115 Å². The number of fused-ring (bicyclic) bond motifs is 1. The van der Waals surface area contributed by atoms with Gasteiger partial charge in [-0.25, -0.2) is 9.67 Å². The highest BCUT2D eigenvalue weighted by atomic mass is 127. The molecule has 0 radical (unpaired) electrons. The molecule has 4 nitrogen and oxygen atoms in total. The Hall–Kier alpha value is -0.210. The van der Waals surface area contributed by atoms with E-state index in [4.69, 9.17) is 4.74 Å². The molecule has 0 bridgehead atoms. The molecule has 1 aliphatic heterocycles. The van der Waals surface area contributed by atoms with Gasteiger partial charge in [0.2, 0.25) is 0 Å². The fourth-order valence-corrected chi connectivity index (χ4v) is 2.88. The van der Waals surface area contributed by atoms with Gasteiger partial charge in [0, 0.05) is 17.3 Å². The molecular formula is C10H9BrIN3O. The predicted molar refractivity (Wildman–Crippen MR) is 72.2 cm³/mol. The first-order chi connectivity index (χ1) is 7.75. The van der Waals surface area contributed by atoms with Crippen LogP contribution in [-0.4, -0.2) is 21.4 Å². The van der Waals surface area contributed by atoms with Crippen LogP contribution in [0.15, 0.2) is 16.7 Å². The van der Waals surface area contributed by atoms with Crippen molar-refractivity contribution in [3.63, 3.8) is 0 Å². The summed E-state index contributed by atoms with van der Waals surface area (Å²) < 4.78 is 9.48. The topological polar surface area (TPSA) is 39.9 Å². The number of pyridine rings is 1. The molecule has 1 unspecified atom stereocenters. The lowest BCUT2D eigenvalue weighted by atomic mass is 10.3. The number of rotatable bonds is 1. The Balaban J connectivity index is 2.18. The van der Waals surface area contributed by atoms with Crippen molar-refractivity contribution in [1.29, 1.82) is 0 Å². The van der Waals surface area contributed by atoms with Crippen LogP contribution in [-0.2, 0) is 4.74 Å². The zero-order chi connectivity index (χ0) is 11.1. The van der Waals surface area contributed by atoms with Gasteiger partial charge in [0.25, 0.3) is 0 Å². The second kappa shape index (κ2) is 4.23. The Morgan fingerprint density at radius 2 is 2.44 bits per heavy atom. The van der Waals surface area contributed by atoms with Crippen LogP contribution >= 0.6 is 38.5 Å². The zero-order valence-electron chi connectivity index (χ0n) is 8.36. The maximum absolute atomic E-state index is 5.64. The smallest absolute Gasteiger partial charge is 0.161 e. The number of nitrogens with zero attached hydrogens (tertiary/aromatic N) is 3. The Kier molecular flexibility index (Phi) is 2.88. The third-order valence-corrected chi connectivity index (χ3v) is 3.88. The monoisotopic (exact) mass is 393 g/mol. The van der Waals surface area contributed by atoms with Crippen LogP contribution in [0.3, 0.4) is 0 Å². The van der Waals surface area contributed by atoms with Crippen molar-refractivity contribution in [2.24, 2.45) is 0 Å². The van der Waals surface area contributed by atoms with Crippen molar-refractivity contribution < 1.29 is 4.74 Å². The van der Waals surface area contributed by atoms with E-state index >= 15 is 0 Å². The fourth-order valence-electron chi connectivity index (χ4n) is 1.92. The molecule has 0 saturated carbocycles. The molecule has 6 heteroatoms. The van der Waals surface area contributed by atoms with E-state index in [-0.39, 0.29) is 6.23 Å². The molecule has 2 aromatic rings. The summed E-state index contributed by atoms with van der Waals surface area (Å²) in [6.45, 7) is 0.819. The van der Waals surface area contributed by atoms with E-state index in [0.29, 0.717) is 0 Å². The number of hydrogen-bond acceptors (Lipinski definition) is 3. The lowest BCUT2D eigenvalue weighted by Gasteiger charge is -2.09. The van der Waals surface area contributed by atoms with Crippen LogP contribution in [0.1, 0.15) is 19.1 Å². The first-order valence-electron chi connectivity index (χ1n) is 5.06. The molecule has 1 aliphatic rings. The van der Waals surface area contributed by atoms with E-state index in [0.717, 1.165) is 38.7 Å². The van der Waals surface area contributed by atoms with Gasteiger partial charge in [-0.2, -0.15) is 5.10 Å². The summed E-state index contributed by atoms with van der Waals surface area (Å²) in [5.41, 5.74) is 0.902. The summed E-state index contributed by atoms with van der Waals surface area (Å²) in [6, 6.07) is 2.04. The molecule has 0 aliphatic carbocycles. The van der Waals surface area contributed by atoms with E-state index in [1.54, 1.807) is 6.20 Å². The minimum Gasteiger partial charge on any atom is -0.356 e. The second-order valence-corrected chi connectivity index (χ2v) is 5.67. The van der Waals surface area contributed by atoms with Crippen LogP contribution < -0.4 is 0 Å². The number of aromatic nitrogens is 3. The zero-order valence-corrected chi connectivity index (χ0v) is 12.1. The van der Waals surface area contributed by atoms with Gasteiger partial charge in [0.05, 0.1) is 5.39 Å². The van der Waals surface area contributed by atoms with Crippen LogP contribution in [0.5, 0.6) is 0 Å². The standard InChI is InChI=1S/C10H9BrIN3O/c11-6-4-7-9(12)14-15(10(7)13-5-6)8-2-1-3-16-8/h4-5,8H,1-3H2. The third-order valence-electron chi connectivity index (χ3n) is 2.65. The van der Waals surface area contributed by atoms with E-state index in [9.17, 15) is 0 Å². The highest BCUT2D eigenvalue weighted by Gasteiger charge is 2.22. The van der Waals surface area contributed by atoms with Gasteiger partial charge in [-0.3, -0.25) is 0 Å². The summed E-state index contributed by atoms with van der Waals surface area (Å²) in [7, 11) is 0. The maximum atomic E-state index is 5.64. The largest absolute Gasteiger partial charge is 0.356 e. The van der Waals surface area contributed by atoms with Gasteiger partial charge in [-0.1, -0.05) is 0 Å². The maximum Gasteiger partial charge on any atom is 0.161 e. The van der Waals surface area contributed by atoms with Gasteiger partial charge in [-0.15, -0.1) is 0 Å². The number of hydrogen-bond donors (Lipinski definition) is 0. The Morgan fingerprint density at radius 3 is 3.19 bits per heavy atom. The highest BCUT2D eigenvalue weighted by Crippen LogP contribution is 2.29. The van der Waals surface area contributed by atoms with Crippen LogP contribution in [0, 0.1) is 3.70 Å². The number of ether oxygens (including phenoxy) is 1. The van der Waals surface area contributed by atoms with Crippen LogP contribution in [0.4, 0.5) is 0 Å². The molecule has 0 N–H and O–H groups in total. The van der Waals surface area contributed by atoms with Crippen molar-refractivity contribution in [2.45, 2.75) is 19.1 Å². The van der Waals surface area contributed by atoms with Gasteiger partial charge in [0.1, 0.15) is 3.70 Å². The molecular weight excluding hydrogens is 385 g/mol. The van der Waals surface area contributed by atoms with Gasteiger partial charge in [-0.05, 0) is 57.4 Å². The summed E-state index contributed by atoms with van der Waals surface area (Å²) in [4.78, 5) is 4.41. The molecule has 0 amide bonds. The molecule has 0 spiro atoms. The minimum atomic E-state index is 0.0553. The quantitative estimate of drug-likeness (QED) is 0.699. The minimum absolute atomic E-state index is 0.0553. The van der Waals surface area contributed by atoms with Crippen molar-refractivity contribution >= 4 is 49.6 Å². The first-order valence-corrected chi connectivity index (χ1v) is 6.94. The summed E-state index contributed by atoms with van der Waals surface area (Å²) in [6.07, 6.45) is 3.97. The molecule has 0 aromatic carbocycles. The van der Waals surface area contributed by atoms with E-state index in [1.165, 1.54) is 0 Å². The molecule has 16 heavy (non-hydrogen) atoms. The van der Waals surface area contributed by atoms with E-state index in [1.807, 2.05) is 10.7 Å². The lowest BCUT2D eigenvalue weighted by molar-refractivity contribution is 0.0496. The first kappa shape index (κ1) is 10.9. The van der Waals surface area contributed by atoms with Crippen LogP contribution in [0.25, 0.3) is 11.0 Å². The molecule has 3 rings (SSSR count). The molecule has 1 fully saturated rings. The lowest BCUT2D eigenvalue weighted by Crippen LogP contribution is -2.09. The number of halogens is 2. The SMILES string of the molecule is Brc1cnc2c(c1)c(I)nn2C1CCCO1. The molecule has 2 aromatic heterocycles. The summed E-state index contributed by atoms with van der Waals surface area (Å²) in [5, 5.41) is 5.58. The van der Waals surface area contributed by atoms with Crippen LogP contribution in [0.2, 0.25) is 0 Å².